The van der Waals surface area contributed by atoms with Gasteiger partial charge in [0, 0.05) is 30.9 Å². The Kier molecular flexibility index (Phi) is 6.80. The van der Waals surface area contributed by atoms with Gasteiger partial charge in [0.25, 0.3) is 0 Å². The Bertz CT molecular complexity index is 607. The first-order valence-corrected chi connectivity index (χ1v) is 8.66. The third-order valence-corrected chi connectivity index (χ3v) is 3.88. The summed E-state index contributed by atoms with van der Waals surface area (Å²) in [6.07, 6.45) is 2.52. The Balaban J connectivity index is 1.75. The van der Waals surface area contributed by atoms with E-state index < -0.39 is 6.03 Å². The molecular formula is C18H26N4O3. The van der Waals surface area contributed by atoms with Crippen molar-refractivity contribution in [2.75, 3.05) is 30.3 Å². The fraction of sp³-hybridized carbons (Fsp3) is 0.500. The summed E-state index contributed by atoms with van der Waals surface area (Å²) in [5, 5.41) is 8.04. The predicted molar refractivity (Wildman–Crippen MR) is 97.4 cm³/mol. The van der Waals surface area contributed by atoms with E-state index in [-0.39, 0.29) is 18.4 Å². The summed E-state index contributed by atoms with van der Waals surface area (Å²) in [6.45, 7) is 5.51. The van der Waals surface area contributed by atoms with Gasteiger partial charge >= 0.3 is 6.03 Å². The number of hydrogen-bond donors (Lipinski definition) is 3. The number of urea groups is 1. The molecule has 1 fully saturated rings. The molecule has 7 nitrogen and oxygen atoms in total. The lowest BCUT2D eigenvalue weighted by molar-refractivity contribution is -0.129. The molecule has 0 radical (unpaired) electrons. The summed E-state index contributed by atoms with van der Waals surface area (Å²) < 4.78 is 0. The smallest absolute Gasteiger partial charge is 0.319 e. The van der Waals surface area contributed by atoms with Crippen LogP contribution in [0.2, 0.25) is 0 Å². The van der Waals surface area contributed by atoms with Crippen LogP contribution in [0.1, 0.15) is 33.1 Å². The normalized spacial score (nSPS) is 13.6. The third kappa shape index (κ3) is 6.45. The summed E-state index contributed by atoms with van der Waals surface area (Å²) in [6, 6.07) is 6.43. The number of nitrogens with zero attached hydrogens (tertiary/aromatic N) is 1. The lowest BCUT2D eigenvalue weighted by Gasteiger charge is -2.15. The van der Waals surface area contributed by atoms with Gasteiger partial charge in [0.2, 0.25) is 11.8 Å². The topological polar surface area (TPSA) is 90.5 Å². The summed E-state index contributed by atoms with van der Waals surface area (Å²) >= 11 is 0. The molecule has 0 saturated carbocycles. The minimum Gasteiger partial charge on any atom is -0.341 e. The van der Waals surface area contributed by atoms with E-state index in [9.17, 15) is 14.4 Å². The number of amides is 4. The molecule has 0 bridgehead atoms. The Morgan fingerprint density at radius 3 is 2.12 bits per heavy atom. The van der Waals surface area contributed by atoms with Gasteiger partial charge in [-0.05, 0) is 43.0 Å². The minimum atomic E-state index is -0.427. The van der Waals surface area contributed by atoms with Crippen LogP contribution in [0.15, 0.2) is 24.3 Å². The van der Waals surface area contributed by atoms with Crippen molar-refractivity contribution in [3.8, 4) is 0 Å². The molecule has 2 rings (SSSR count). The zero-order chi connectivity index (χ0) is 18.2. The second-order valence-electron chi connectivity index (χ2n) is 6.62. The standard InChI is InChI=1S/C18H26N4O3/c1-13(2)11-16(23)20-14-5-7-15(8-6-14)21-18(25)19-12-17(24)22-9-3-4-10-22/h5-8,13H,3-4,9-12H2,1-2H3,(H,20,23)(H2,19,21,25). The molecule has 25 heavy (non-hydrogen) atoms. The fourth-order valence-electron chi connectivity index (χ4n) is 2.63. The van der Waals surface area contributed by atoms with Crippen molar-refractivity contribution in [1.29, 1.82) is 0 Å². The van der Waals surface area contributed by atoms with Gasteiger partial charge in [0.15, 0.2) is 0 Å². The van der Waals surface area contributed by atoms with E-state index >= 15 is 0 Å². The number of benzene rings is 1. The van der Waals surface area contributed by atoms with Crippen LogP contribution in [0.3, 0.4) is 0 Å². The van der Waals surface area contributed by atoms with Crippen LogP contribution in [-0.4, -0.2) is 42.4 Å². The molecule has 1 aromatic carbocycles. The van der Waals surface area contributed by atoms with Crippen molar-refractivity contribution in [2.45, 2.75) is 33.1 Å². The van der Waals surface area contributed by atoms with Crippen LogP contribution in [0.5, 0.6) is 0 Å². The average molecular weight is 346 g/mol. The van der Waals surface area contributed by atoms with Crippen molar-refractivity contribution in [3.63, 3.8) is 0 Å². The van der Waals surface area contributed by atoms with Gasteiger partial charge in [0.05, 0.1) is 6.54 Å². The molecule has 136 valence electrons. The third-order valence-electron chi connectivity index (χ3n) is 3.88. The van der Waals surface area contributed by atoms with E-state index in [0.717, 1.165) is 25.9 Å². The molecule has 1 saturated heterocycles. The minimum absolute atomic E-state index is 0.00479. The van der Waals surface area contributed by atoms with Crippen molar-refractivity contribution < 1.29 is 14.4 Å². The van der Waals surface area contributed by atoms with Gasteiger partial charge in [-0.15, -0.1) is 0 Å². The highest BCUT2D eigenvalue weighted by atomic mass is 16.2. The van der Waals surface area contributed by atoms with Crippen molar-refractivity contribution in [2.24, 2.45) is 5.92 Å². The van der Waals surface area contributed by atoms with E-state index in [1.807, 2.05) is 13.8 Å². The summed E-state index contributed by atoms with van der Waals surface area (Å²) in [5.74, 6) is 0.206. The number of hydrogen-bond acceptors (Lipinski definition) is 3. The molecular weight excluding hydrogens is 320 g/mol. The molecule has 4 amide bonds. The highest BCUT2D eigenvalue weighted by molar-refractivity contribution is 5.93. The second-order valence-corrected chi connectivity index (χ2v) is 6.62. The molecule has 3 N–H and O–H groups in total. The van der Waals surface area contributed by atoms with Gasteiger partial charge in [-0.2, -0.15) is 0 Å². The molecule has 0 aliphatic carbocycles. The van der Waals surface area contributed by atoms with Gasteiger partial charge < -0.3 is 20.9 Å². The number of nitrogens with one attached hydrogen (secondary N) is 3. The Morgan fingerprint density at radius 2 is 1.56 bits per heavy atom. The molecule has 1 aliphatic rings. The summed E-state index contributed by atoms with van der Waals surface area (Å²) in [7, 11) is 0. The number of rotatable bonds is 6. The van der Waals surface area contributed by atoms with Crippen LogP contribution in [0, 0.1) is 5.92 Å². The number of anilines is 2. The molecule has 7 heteroatoms. The highest BCUT2D eigenvalue weighted by Crippen LogP contribution is 2.14. The largest absolute Gasteiger partial charge is 0.341 e. The number of likely N-dealkylation sites (tertiary alicyclic amines) is 1. The molecule has 0 aromatic heterocycles. The quantitative estimate of drug-likeness (QED) is 0.739. The lowest BCUT2D eigenvalue weighted by Crippen LogP contribution is -2.40. The first kappa shape index (κ1) is 18.8. The van der Waals surface area contributed by atoms with E-state index in [4.69, 9.17) is 0 Å². The van der Waals surface area contributed by atoms with Gasteiger partial charge in [-0.3, -0.25) is 9.59 Å². The zero-order valence-corrected chi connectivity index (χ0v) is 14.8. The predicted octanol–water partition coefficient (Wildman–Crippen LogP) is 2.42. The van der Waals surface area contributed by atoms with E-state index in [1.54, 1.807) is 29.2 Å². The van der Waals surface area contributed by atoms with Crippen LogP contribution in [-0.2, 0) is 9.59 Å². The molecule has 1 aliphatic heterocycles. The highest BCUT2D eigenvalue weighted by Gasteiger charge is 2.18. The van der Waals surface area contributed by atoms with Crippen LogP contribution >= 0.6 is 0 Å². The maximum Gasteiger partial charge on any atom is 0.319 e. The van der Waals surface area contributed by atoms with Crippen molar-refractivity contribution >= 4 is 29.2 Å². The molecule has 0 unspecified atom stereocenters. The monoisotopic (exact) mass is 346 g/mol. The van der Waals surface area contributed by atoms with Crippen LogP contribution in [0.4, 0.5) is 16.2 Å². The van der Waals surface area contributed by atoms with E-state index in [0.29, 0.717) is 23.7 Å². The Hall–Kier alpha value is -2.57. The molecule has 0 spiro atoms. The van der Waals surface area contributed by atoms with Crippen molar-refractivity contribution in [3.05, 3.63) is 24.3 Å². The van der Waals surface area contributed by atoms with Gasteiger partial charge in [-0.1, -0.05) is 13.8 Å². The SMILES string of the molecule is CC(C)CC(=O)Nc1ccc(NC(=O)NCC(=O)N2CCCC2)cc1. The van der Waals surface area contributed by atoms with Crippen molar-refractivity contribution in [1.82, 2.24) is 10.2 Å². The maximum atomic E-state index is 11.9. The van der Waals surface area contributed by atoms with E-state index in [2.05, 4.69) is 16.0 Å². The summed E-state index contributed by atoms with van der Waals surface area (Å²) in [5.41, 5.74) is 1.27. The summed E-state index contributed by atoms with van der Waals surface area (Å²) in [4.78, 5) is 37.2. The molecule has 1 aromatic rings. The first-order valence-electron chi connectivity index (χ1n) is 8.66. The molecule has 0 atom stereocenters. The number of carbonyl (C=O) groups excluding carboxylic acids is 3. The lowest BCUT2D eigenvalue weighted by atomic mass is 10.1. The van der Waals surface area contributed by atoms with Crippen LogP contribution in [0.25, 0.3) is 0 Å². The van der Waals surface area contributed by atoms with E-state index in [1.165, 1.54) is 0 Å². The first-order chi connectivity index (χ1) is 11.9. The zero-order valence-electron chi connectivity index (χ0n) is 14.8. The number of carbonyl (C=O) groups is 3. The Morgan fingerprint density at radius 1 is 1.00 bits per heavy atom. The second kappa shape index (κ2) is 9.05. The van der Waals surface area contributed by atoms with Crippen LogP contribution < -0.4 is 16.0 Å². The van der Waals surface area contributed by atoms with Gasteiger partial charge in [0.1, 0.15) is 0 Å². The van der Waals surface area contributed by atoms with Gasteiger partial charge in [-0.25, -0.2) is 4.79 Å². The molecule has 1 heterocycles. The fourth-order valence-corrected chi connectivity index (χ4v) is 2.63. The maximum absolute atomic E-state index is 11.9. The Labute approximate surface area is 148 Å². The average Bonchev–Trinajstić information content (AvgIpc) is 3.08.